The summed E-state index contributed by atoms with van der Waals surface area (Å²) in [5, 5.41) is 14.8. The van der Waals surface area contributed by atoms with Gasteiger partial charge in [0.15, 0.2) is 6.29 Å². The highest BCUT2D eigenvalue weighted by Crippen LogP contribution is 2.42. The van der Waals surface area contributed by atoms with Crippen LogP contribution < -0.4 is 15.5 Å². The number of urea groups is 1. The van der Waals surface area contributed by atoms with Crippen LogP contribution in [0.25, 0.3) is 0 Å². The molecular formula is C32H40N6O6. The van der Waals surface area contributed by atoms with Gasteiger partial charge in [0.05, 0.1) is 25.4 Å². The molecule has 0 unspecified atom stereocenters. The average molecular weight is 605 g/mol. The fourth-order valence-corrected chi connectivity index (χ4v) is 5.47. The Morgan fingerprint density at radius 3 is 2.45 bits per heavy atom. The lowest BCUT2D eigenvalue weighted by Gasteiger charge is -2.44. The molecule has 0 aliphatic carbocycles. The van der Waals surface area contributed by atoms with Crippen LogP contribution >= 0.6 is 0 Å². The Morgan fingerprint density at radius 1 is 1.00 bits per heavy atom. The molecule has 12 heteroatoms. The van der Waals surface area contributed by atoms with E-state index >= 15 is 0 Å². The molecule has 2 amide bonds. The largest absolute Gasteiger partial charge is 0.465 e. The second kappa shape index (κ2) is 15.1. The summed E-state index contributed by atoms with van der Waals surface area (Å²) in [6, 6.07) is 16.4. The van der Waals surface area contributed by atoms with E-state index in [0.29, 0.717) is 5.69 Å². The molecule has 0 spiro atoms. The van der Waals surface area contributed by atoms with Gasteiger partial charge in [0.1, 0.15) is 6.54 Å². The van der Waals surface area contributed by atoms with Gasteiger partial charge in [-0.25, -0.2) is 14.8 Å². The fourth-order valence-electron chi connectivity index (χ4n) is 5.47. The molecule has 0 radical (unpaired) electrons. The predicted octanol–water partition coefficient (Wildman–Crippen LogP) is 3.27. The van der Waals surface area contributed by atoms with E-state index in [1.54, 1.807) is 25.4 Å². The standard InChI is InChI=1S/C32H40N6O6/c1-3-42-28(40)19-35-32(41)36-26-7-4-6-25(18-26)30-43-27(22(2)29(44-30)24-10-8-23(21-39)9-11-24)20-37-14-16-38(17-15-37)31-33-12-5-13-34-31/h4-13,18,22,27,29-30,39H,3,14-17,19-21H2,1-2H3,(H2,35,36,41)/t22-,27+,29+,30+/m0/s1. The fraction of sp³-hybridized carbons (Fsp3) is 0.438. The first-order valence-corrected chi connectivity index (χ1v) is 15.0. The summed E-state index contributed by atoms with van der Waals surface area (Å²) in [5.41, 5.74) is 3.14. The maximum absolute atomic E-state index is 12.4. The van der Waals surface area contributed by atoms with Crippen LogP contribution in [0.3, 0.4) is 0 Å². The van der Waals surface area contributed by atoms with Crippen LogP contribution in [0, 0.1) is 5.92 Å². The Morgan fingerprint density at radius 2 is 1.75 bits per heavy atom. The summed E-state index contributed by atoms with van der Waals surface area (Å²) in [6.07, 6.45) is 2.46. The topological polar surface area (TPSA) is 138 Å². The number of piperazine rings is 1. The number of aromatic nitrogens is 2. The molecule has 2 aliphatic heterocycles. The van der Waals surface area contributed by atoms with Crippen LogP contribution in [0.4, 0.5) is 16.4 Å². The number of nitrogens with zero attached hydrogens (tertiary/aromatic N) is 4. The van der Waals surface area contributed by atoms with Crippen LogP contribution in [0.15, 0.2) is 67.0 Å². The molecule has 0 bridgehead atoms. The van der Waals surface area contributed by atoms with E-state index in [4.69, 9.17) is 14.2 Å². The summed E-state index contributed by atoms with van der Waals surface area (Å²) in [6.45, 7) is 7.93. The molecule has 3 heterocycles. The summed E-state index contributed by atoms with van der Waals surface area (Å²) in [7, 11) is 0. The van der Waals surface area contributed by atoms with Crippen molar-refractivity contribution in [3.05, 3.63) is 83.7 Å². The quantitative estimate of drug-likeness (QED) is 0.296. The van der Waals surface area contributed by atoms with Crippen LogP contribution in [-0.4, -0.2) is 84.0 Å². The highest BCUT2D eigenvalue weighted by Gasteiger charge is 2.39. The number of carbonyl (C=O) groups excluding carboxylic acids is 2. The van der Waals surface area contributed by atoms with Crippen LogP contribution in [-0.2, 0) is 25.6 Å². The van der Waals surface area contributed by atoms with Crippen molar-refractivity contribution in [1.29, 1.82) is 0 Å². The molecule has 2 aromatic carbocycles. The third-order valence-electron chi connectivity index (χ3n) is 7.88. The number of hydrogen-bond donors (Lipinski definition) is 3. The second-order valence-corrected chi connectivity index (χ2v) is 10.9. The number of aliphatic hydroxyl groups excluding tert-OH is 1. The first-order valence-electron chi connectivity index (χ1n) is 15.0. The monoisotopic (exact) mass is 604 g/mol. The molecule has 2 fully saturated rings. The number of rotatable bonds is 10. The van der Waals surface area contributed by atoms with E-state index in [-0.39, 0.29) is 37.9 Å². The molecular weight excluding hydrogens is 564 g/mol. The zero-order valence-electron chi connectivity index (χ0n) is 25.1. The Kier molecular flexibility index (Phi) is 10.7. The Hall–Kier alpha value is -4.10. The summed E-state index contributed by atoms with van der Waals surface area (Å²) in [4.78, 5) is 37.4. The number of anilines is 2. The van der Waals surface area contributed by atoms with Crippen molar-refractivity contribution in [3.8, 4) is 0 Å². The molecule has 5 rings (SSSR count). The van der Waals surface area contributed by atoms with Gasteiger partial charge in [-0.3, -0.25) is 9.69 Å². The minimum Gasteiger partial charge on any atom is -0.465 e. The van der Waals surface area contributed by atoms with E-state index in [1.165, 1.54) is 0 Å². The lowest BCUT2D eigenvalue weighted by Crippen LogP contribution is -2.51. The normalized spacial score (nSPS) is 22.3. The highest BCUT2D eigenvalue weighted by molar-refractivity contribution is 5.91. The van der Waals surface area contributed by atoms with Crippen molar-refractivity contribution in [2.75, 3.05) is 56.1 Å². The SMILES string of the molecule is CCOC(=O)CNC(=O)Nc1cccc([C@@H]2O[C@H](CN3CCN(c4ncccn4)CC3)[C@H](C)[C@H](c3ccc(CO)cc3)O2)c1. The summed E-state index contributed by atoms with van der Waals surface area (Å²) < 4.78 is 18.1. The number of esters is 1. The van der Waals surface area contributed by atoms with Crippen molar-refractivity contribution < 1.29 is 28.9 Å². The van der Waals surface area contributed by atoms with Gasteiger partial charge >= 0.3 is 12.0 Å². The smallest absolute Gasteiger partial charge is 0.325 e. The number of carbonyl (C=O) groups is 2. The molecule has 3 N–H and O–H groups in total. The lowest BCUT2D eigenvalue weighted by atomic mass is 9.90. The first kappa shape index (κ1) is 31.3. The number of benzene rings is 2. The number of aliphatic hydroxyl groups is 1. The van der Waals surface area contributed by atoms with Crippen LogP contribution in [0.1, 0.15) is 42.9 Å². The minimum absolute atomic E-state index is 0.0249. The van der Waals surface area contributed by atoms with E-state index in [2.05, 4.69) is 37.3 Å². The summed E-state index contributed by atoms with van der Waals surface area (Å²) >= 11 is 0. The molecule has 4 atom stereocenters. The molecule has 12 nitrogen and oxygen atoms in total. The van der Waals surface area contributed by atoms with Gasteiger partial charge in [0.25, 0.3) is 0 Å². The van der Waals surface area contributed by atoms with Crippen LogP contribution in [0.2, 0.25) is 0 Å². The third-order valence-corrected chi connectivity index (χ3v) is 7.88. The molecule has 2 saturated heterocycles. The Labute approximate surface area is 257 Å². The molecule has 234 valence electrons. The van der Waals surface area contributed by atoms with Gasteiger partial charge < -0.3 is 34.9 Å². The van der Waals surface area contributed by atoms with Crippen LogP contribution in [0.5, 0.6) is 0 Å². The van der Waals surface area contributed by atoms with Gasteiger partial charge in [-0.2, -0.15) is 0 Å². The maximum atomic E-state index is 12.4. The number of amides is 2. The van der Waals surface area contributed by atoms with Gasteiger partial charge in [0.2, 0.25) is 5.95 Å². The zero-order chi connectivity index (χ0) is 30.9. The first-order chi connectivity index (χ1) is 21.4. The predicted molar refractivity (Wildman–Crippen MR) is 164 cm³/mol. The zero-order valence-corrected chi connectivity index (χ0v) is 25.1. The van der Waals surface area contributed by atoms with Crippen molar-refractivity contribution >= 4 is 23.6 Å². The summed E-state index contributed by atoms with van der Waals surface area (Å²) in [5.74, 6) is 0.280. The van der Waals surface area contributed by atoms with Gasteiger partial charge in [-0.05, 0) is 36.2 Å². The average Bonchev–Trinajstić information content (AvgIpc) is 3.06. The Bertz CT molecular complexity index is 1370. The van der Waals surface area contributed by atoms with E-state index in [1.807, 2.05) is 48.5 Å². The van der Waals surface area contributed by atoms with Crippen molar-refractivity contribution in [3.63, 3.8) is 0 Å². The number of hydrogen-bond acceptors (Lipinski definition) is 10. The van der Waals surface area contributed by atoms with Crippen molar-refractivity contribution in [2.45, 2.75) is 39.0 Å². The highest BCUT2D eigenvalue weighted by atomic mass is 16.7. The number of nitrogens with one attached hydrogen (secondary N) is 2. The van der Waals surface area contributed by atoms with Crippen molar-refractivity contribution in [1.82, 2.24) is 20.2 Å². The molecule has 44 heavy (non-hydrogen) atoms. The molecule has 0 saturated carbocycles. The molecule has 1 aromatic heterocycles. The number of ether oxygens (including phenoxy) is 3. The third kappa shape index (κ3) is 8.08. The van der Waals surface area contributed by atoms with E-state index in [9.17, 15) is 14.7 Å². The molecule has 3 aromatic rings. The van der Waals surface area contributed by atoms with Gasteiger partial charge in [0, 0.05) is 62.3 Å². The minimum atomic E-state index is -0.679. The van der Waals surface area contributed by atoms with Crippen molar-refractivity contribution in [2.24, 2.45) is 5.92 Å². The maximum Gasteiger partial charge on any atom is 0.325 e. The molecule has 2 aliphatic rings. The lowest BCUT2D eigenvalue weighted by molar-refractivity contribution is -0.276. The van der Waals surface area contributed by atoms with Gasteiger partial charge in [-0.1, -0.05) is 43.3 Å². The second-order valence-electron chi connectivity index (χ2n) is 10.9. The van der Waals surface area contributed by atoms with Gasteiger partial charge in [-0.15, -0.1) is 0 Å². The van der Waals surface area contributed by atoms with E-state index < -0.39 is 18.3 Å². The Balaban J connectivity index is 1.29. The van der Waals surface area contributed by atoms with E-state index in [0.717, 1.165) is 55.4 Å².